The van der Waals surface area contributed by atoms with Gasteiger partial charge in [0.1, 0.15) is 0 Å². The molecule has 5 aliphatic rings. The quantitative estimate of drug-likeness (QED) is 0.0829. The average Bonchev–Trinajstić information content (AvgIpc) is 3.23. The summed E-state index contributed by atoms with van der Waals surface area (Å²) in [6.45, 7) is 33.0. The van der Waals surface area contributed by atoms with Crippen molar-refractivity contribution in [2.75, 3.05) is 26.2 Å². The van der Waals surface area contributed by atoms with E-state index in [0.29, 0.717) is 0 Å². The third kappa shape index (κ3) is 11.6. The van der Waals surface area contributed by atoms with Gasteiger partial charge < -0.3 is 18.9 Å². The van der Waals surface area contributed by atoms with Gasteiger partial charge in [0, 0.05) is 75.5 Å². The van der Waals surface area contributed by atoms with Crippen molar-refractivity contribution < 1.29 is 37.2 Å². The van der Waals surface area contributed by atoms with Gasteiger partial charge in [-0.3, -0.25) is 0 Å². The van der Waals surface area contributed by atoms with Gasteiger partial charge in [0.15, 0.2) is 74.0 Å². The molecule has 356 valence electrons. The first-order valence-corrected chi connectivity index (χ1v) is 40.1. The predicted molar refractivity (Wildman–Crippen MR) is 289 cm³/mol. The summed E-state index contributed by atoms with van der Waals surface area (Å²) in [5.74, 6) is 3.71. The molecule has 0 N–H and O–H groups in total. The summed E-state index contributed by atoms with van der Waals surface area (Å²) in [6, 6.07) is 32.9. The highest BCUT2D eigenvalue weighted by Gasteiger charge is 2.65. The molecule has 4 aromatic rings. The summed E-state index contributed by atoms with van der Waals surface area (Å²) in [6.07, 6.45) is 14.5. The summed E-state index contributed by atoms with van der Waals surface area (Å²) in [5, 5.41) is 0. The van der Waals surface area contributed by atoms with E-state index in [4.69, 9.17) is 18.9 Å². The van der Waals surface area contributed by atoms with Crippen molar-refractivity contribution >= 4 is 57.2 Å². The second-order valence-corrected chi connectivity index (χ2v) is 46.9. The Morgan fingerprint density at radius 3 is 1.01 bits per heavy atom. The summed E-state index contributed by atoms with van der Waals surface area (Å²) in [7, 11) is -4.52. The Kier molecular flexibility index (Phi) is 14.1. The Bertz CT molecular complexity index is 2410. The Morgan fingerprint density at radius 2 is 0.672 bits per heavy atom. The maximum Gasteiger partial charge on any atom is 0.703 e. The summed E-state index contributed by atoms with van der Waals surface area (Å²) < 4.78 is 36.8. The molecule has 0 atom stereocenters. The molecular formula is C55H80N4O4Si4+4. The topological polar surface area (TPSA) is 49.0 Å². The van der Waals surface area contributed by atoms with Crippen molar-refractivity contribution in [3.63, 3.8) is 0 Å². The number of benzene rings is 4. The zero-order valence-corrected chi connectivity index (χ0v) is 47.0. The van der Waals surface area contributed by atoms with Gasteiger partial charge in [0.2, 0.25) is 0 Å². The van der Waals surface area contributed by atoms with Crippen LogP contribution in [0.3, 0.4) is 0 Å². The van der Waals surface area contributed by atoms with Gasteiger partial charge in [-0.25, -0.2) is 0 Å². The monoisotopic (exact) mass is 973 g/mol. The lowest BCUT2D eigenvalue weighted by atomic mass is 9.97. The van der Waals surface area contributed by atoms with Gasteiger partial charge in [-0.2, -0.15) is 0 Å². The molecule has 5 aliphatic heterocycles. The summed E-state index contributed by atoms with van der Waals surface area (Å²) in [5.41, 5.74) is 7.02. The third-order valence-electron chi connectivity index (χ3n) is 13.4. The highest BCUT2D eigenvalue weighted by atomic mass is 28.3. The first kappa shape index (κ1) is 49.1. The lowest BCUT2D eigenvalue weighted by Crippen LogP contribution is -2.65. The first-order chi connectivity index (χ1) is 31.6. The largest absolute Gasteiger partial charge is 0.703 e. The standard InChI is InChI=1S/C28H40N2O2Si2.C27H40N2O2Si2/c1-33(2,3)17-9-15-29-20-24-13-7-11-22-19-23-12-8-14-25-21-30(16-10-18-34(4,5)6)28(29,31-26(22)24)32-27(23)25;1-32(2,3)19-11-17-28-21-23-13-7-9-15-25(23)30-27(28)29(18-12-20-33(4,5)6)22-24-14-8-10-16-26(24)31-27/h7-8,11-14,20-21H,9-10,15-19H2,1-6H3;7-10,13-16,21-22H,11-12,17-20H2,1-6H3/q2*+2. The van der Waals surface area contributed by atoms with Crippen LogP contribution >= 0.6 is 0 Å². The van der Waals surface area contributed by atoms with Crippen LogP contribution in [0.2, 0.25) is 103 Å². The van der Waals surface area contributed by atoms with Crippen LogP contribution in [0.4, 0.5) is 0 Å². The van der Waals surface area contributed by atoms with Crippen LogP contribution in [0.1, 0.15) is 59.1 Å². The minimum absolute atomic E-state index is 0.829. The number of nitrogens with zero attached hydrogens (tertiary/aromatic N) is 4. The lowest BCUT2D eigenvalue weighted by Gasteiger charge is -2.35. The molecule has 67 heavy (non-hydrogen) atoms. The number of ether oxygens (including phenoxy) is 4. The predicted octanol–water partition coefficient (Wildman–Crippen LogP) is 12.1. The van der Waals surface area contributed by atoms with Crippen LogP contribution in [0, 0.1) is 0 Å². The normalized spacial score (nSPS) is 17.2. The van der Waals surface area contributed by atoms with Gasteiger partial charge >= 0.3 is 12.1 Å². The Morgan fingerprint density at radius 1 is 0.373 bits per heavy atom. The van der Waals surface area contributed by atoms with Crippen LogP contribution < -0.4 is 18.9 Å². The number of para-hydroxylation sites is 4. The Labute approximate surface area is 406 Å². The molecule has 0 unspecified atom stereocenters. The molecule has 0 radical (unpaired) electrons. The lowest BCUT2D eigenvalue weighted by molar-refractivity contribution is -0.909. The molecular weight excluding hydrogens is 893 g/mol. The zero-order chi connectivity index (χ0) is 47.8. The molecule has 2 spiro atoms. The zero-order valence-electron chi connectivity index (χ0n) is 43.0. The van der Waals surface area contributed by atoms with E-state index >= 15 is 0 Å². The first-order valence-electron chi connectivity index (χ1n) is 25.2. The molecule has 9 rings (SSSR count). The molecule has 12 heteroatoms. The smallest absolute Gasteiger partial charge is 0.341 e. The second-order valence-electron chi connectivity index (χ2n) is 24.4. The van der Waals surface area contributed by atoms with Gasteiger partial charge in [-0.05, 0) is 36.4 Å². The molecule has 0 saturated carbocycles. The number of hydrogen-bond acceptors (Lipinski definition) is 4. The van der Waals surface area contributed by atoms with Crippen molar-refractivity contribution in [1.29, 1.82) is 0 Å². The summed E-state index contributed by atoms with van der Waals surface area (Å²) in [4.78, 5) is 0. The Hall–Kier alpha value is -4.37. The fourth-order valence-electron chi connectivity index (χ4n) is 9.84. The van der Waals surface area contributed by atoms with Gasteiger partial charge in [0.05, 0.1) is 22.3 Å². The SMILES string of the molecule is C[Si](C)(C)CCC[N+]1=Cc2cccc3c2OC12Oc1c(cccc1C3)C=[N+]2CCC[Si](C)(C)C.C[Si](C)(C)CCC[N+]1=Cc2ccccc2OC12Oc1ccccc1C=[N+]2CCC[Si](C)(C)C. The molecule has 0 saturated heterocycles. The van der Waals surface area contributed by atoms with Crippen molar-refractivity contribution in [2.24, 2.45) is 0 Å². The van der Waals surface area contributed by atoms with Gasteiger partial charge in [-0.1, -0.05) is 170 Å². The van der Waals surface area contributed by atoms with Crippen molar-refractivity contribution in [3.8, 4) is 23.0 Å². The highest BCUT2D eigenvalue weighted by molar-refractivity contribution is 6.77. The minimum Gasteiger partial charge on any atom is -0.341 e. The van der Waals surface area contributed by atoms with Crippen molar-refractivity contribution in [3.05, 3.63) is 118 Å². The van der Waals surface area contributed by atoms with E-state index in [-0.39, 0.29) is 0 Å². The van der Waals surface area contributed by atoms with E-state index in [2.05, 4.69) is 195 Å². The maximum atomic E-state index is 6.97. The highest BCUT2D eigenvalue weighted by Crippen LogP contribution is 2.43. The van der Waals surface area contributed by atoms with Crippen LogP contribution in [-0.4, -0.2) is 114 Å². The fourth-order valence-corrected chi connectivity index (χ4v) is 14.7. The molecule has 5 heterocycles. The average molecular weight is 974 g/mol. The van der Waals surface area contributed by atoms with E-state index in [9.17, 15) is 0 Å². The van der Waals surface area contributed by atoms with Crippen molar-refractivity contribution in [2.45, 2.75) is 147 Å². The molecule has 0 amide bonds. The van der Waals surface area contributed by atoms with Crippen LogP contribution in [0.5, 0.6) is 23.0 Å². The van der Waals surface area contributed by atoms with E-state index in [1.807, 2.05) is 12.1 Å². The van der Waals surface area contributed by atoms with Crippen LogP contribution in [0.15, 0.2) is 84.9 Å². The Balaban J connectivity index is 0.000000182. The minimum atomic E-state index is -1.13. The van der Waals surface area contributed by atoms with E-state index in [1.165, 1.54) is 35.3 Å². The van der Waals surface area contributed by atoms with E-state index < -0.39 is 44.4 Å². The maximum absolute atomic E-state index is 6.97. The number of hydrogen-bond donors (Lipinski definition) is 0. The van der Waals surface area contributed by atoms with Gasteiger partial charge in [0.25, 0.3) is 0 Å². The summed E-state index contributed by atoms with van der Waals surface area (Å²) >= 11 is 0. The molecule has 0 fully saturated rings. The number of fused-ring (bicyclic) bond motifs is 2. The molecule has 0 aliphatic carbocycles. The molecule has 4 aromatic carbocycles. The third-order valence-corrected chi connectivity index (χ3v) is 20.8. The number of rotatable bonds is 16. The molecule has 3 bridgehead atoms. The van der Waals surface area contributed by atoms with E-state index in [1.54, 1.807) is 0 Å². The molecule has 0 aromatic heterocycles. The fraction of sp³-hybridized carbons (Fsp3) is 0.491. The van der Waals surface area contributed by atoms with Crippen LogP contribution in [-0.2, 0) is 6.42 Å². The van der Waals surface area contributed by atoms with E-state index in [0.717, 1.165) is 104 Å². The van der Waals surface area contributed by atoms with Crippen molar-refractivity contribution in [1.82, 2.24) is 0 Å². The second kappa shape index (κ2) is 19.2. The van der Waals surface area contributed by atoms with Crippen LogP contribution in [0.25, 0.3) is 0 Å². The van der Waals surface area contributed by atoms with Gasteiger partial charge in [-0.15, -0.1) is 0 Å². The molecule has 8 nitrogen and oxygen atoms in total.